The van der Waals surface area contributed by atoms with Crippen molar-refractivity contribution in [1.29, 1.82) is 0 Å². The van der Waals surface area contributed by atoms with E-state index in [1.54, 1.807) is 14.2 Å². The van der Waals surface area contributed by atoms with Gasteiger partial charge >= 0.3 is 0 Å². The number of hydrogen-bond acceptors (Lipinski definition) is 3. The largest absolute Gasteiger partial charge is 0.493 e. The first-order valence-corrected chi connectivity index (χ1v) is 7.59. The van der Waals surface area contributed by atoms with E-state index < -0.39 is 0 Å². The molecule has 0 bridgehead atoms. The second kappa shape index (κ2) is 6.23. The van der Waals surface area contributed by atoms with Gasteiger partial charge in [-0.25, -0.2) is 0 Å². The van der Waals surface area contributed by atoms with E-state index in [1.165, 1.54) is 19.3 Å². The Kier molecular flexibility index (Phi) is 4.82. The Morgan fingerprint density at radius 1 is 1.20 bits per heavy atom. The van der Waals surface area contributed by atoms with Gasteiger partial charge in [0.05, 0.1) is 14.2 Å². The van der Waals surface area contributed by atoms with Crippen molar-refractivity contribution in [2.75, 3.05) is 20.8 Å². The molecule has 0 amide bonds. The van der Waals surface area contributed by atoms with Crippen molar-refractivity contribution < 1.29 is 9.47 Å². The highest BCUT2D eigenvalue weighted by Gasteiger charge is 2.38. The number of nitrogens with two attached hydrogens (primary N) is 1. The van der Waals surface area contributed by atoms with Crippen molar-refractivity contribution in [3.05, 3.63) is 22.2 Å². The van der Waals surface area contributed by atoms with E-state index in [4.69, 9.17) is 26.8 Å². The van der Waals surface area contributed by atoms with Crippen molar-refractivity contribution in [1.82, 2.24) is 0 Å². The van der Waals surface area contributed by atoms with E-state index >= 15 is 0 Å². The van der Waals surface area contributed by atoms with Crippen LogP contribution in [0.25, 0.3) is 0 Å². The third-order valence-corrected chi connectivity index (χ3v) is 4.99. The van der Waals surface area contributed by atoms with Gasteiger partial charge in [0, 0.05) is 28.6 Å². The number of rotatable bonds is 4. The third-order valence-electron chi connectivity index (χ3n) is 4.60. The fourth-order valence-corrected chi connectivity index (χ4v) is 3.67. The molecule has 3 nitrogen and oxygen atoms in total. The molecule has 1 aromatic rings. The summed E-state index contributed by atoms with van der Waals surface area (Å²) >= 11 is 6.39. The first kappa shape index (κ1) is 15.5. The zero-order chi connectivity index (χ0) is 14.8. The topological polar surface area (TPSA) is 44.5 Å². The summed E-state index contributed by atoms with van der Waals surface area (Å²) in [5.41, 5.74) is 8.34. The van der Waals surface area contributed by atoms with Crippen molar-refractivity contribution in [2.24, 2.45) is 5.73 Å². The molecule has 1 aliphatic rings. The molecule has 1 aromatic carbocycles. The van der Waals surface area contributed by atoms with Gasteiger partial charge < -0.3 is 15.2 Å². The zero-order valence-corrected chi connectivity index (χ0v) is 13.3. The Bertz CT molecular complexity index is 482. The Balaban J connectivity index is 2.66. The molecule has 1 aliphatic carbocycles. The predicted octanol–water partition coefficient (Wildman–Crippen LogP) is 3.83. The molecule has 1 fully saturated rings. The number of ether oxygens (including phenoxy) is 2. The Morgan fingerprint density at radius 2 is 1.85 bits per heavy atom. The fraction of sp³-hybridized carbons (Fsp3) is 0.625. The van der Waals surface area contributed by atoms with E-state index in [-0.39, 0.29) is 5.41 Å². The molecule has 0 heterocycles. The minimum atomic E-state index is -0.0359. The van der Waals surface area contributed by atoms with Crippen LogP contribution in [0.1, 0.15) is 43.2 Å². The van der Waals surface area contributed by atoms with Crippen LogP contribution in [0.2, 0.25) is 5.02 Å². The highest BCUT2D eigenvalue weighted by atomic mass is 35.5. The summed E-state index contributed by atoms with van der Waals surface area (Å²) in [5.74, 6) is 1.48. The lowest BCUT2D eigenvalue weighted by Crippen LogP contribution is -2.38. The summed E-state index contributed by atoms with van der Waals surface area (Å²) < 4.78 is 11.1. The van der Waals surface area contributed by atoms with Gasteiger partial charge in [0.25, 0.3) is 0 Å². The first-order chi connectivity index (χ1) is 9.59. The lowest BCUT2D eigenvalue weighted by atomic mass is 9.68. The molecule has 1 saturated carbocycles. The molecule has 20 heavy (non-hydrogen) atoms. The van der Waals surface area contributed by atoms with Crippen LogP contribution in [-0.4, -0.2) is 20.8 Å². The monoisotopic (exact) mass is 297 g/mol. The molecule has 0 aliphatic heterocycles. The van der Waals surface area contributed by atoms with E-state index in [0.717, 1.165) is 34.7 Å². The molecule has 0 atom stereocenters. The van der Waals surface area contributed by atoms with Crippen LogP contribution in [0.3, 0.4) is 0 Å². The van der Waals surface area contributed by atoms with E-state index in [1.807, 2.05) is 13.0 Å². The van der Waals surface area contributed by atoms with Crippen LogP contribution in [0.15, 0.2) is 6.07 Å². The third kappa shape index (κ3) is 2.49. The highest BCUT2D eigenvalue weighted by Crippen LogP contribution is 2.49. The van der Waals surface area contributed by atoms with Crippen LogP contribution >= 0.6 is 11.6 Å². The summed E-state index contributed by atoms with van der Waals surface area (Å²) in [7, 11) is 3.32. The highest BCUT2D eigenvalue weighted by molar-refractivity contribution is 6.31. The summed E-state index contributed by atoms with van der Waals surface area (Å²) in [6.45, 7) is 2.67. The van der Waals surface area contributed by atoms with E-state index in [9.17, 15) is 0 Å². The quantitative estimate of drug-likeness (QED) is 0.918. The molecule has 0 radical (unpaired) electrons. The van der Waals surface area contributed by atoms with Gasteiger partial charge in [0.15, 0.2) is 11.5 Å². The molecule has 0 spiro atoms. The standard InChI is InChI=1S/C16H24ClNO2/c1-11-12(17)9-13(19-2)15(20-3)14(11)16(10-18)7-5-4-6-8-16/h9H,4-8,10,18H2,1-3H3. The minimum absolute atomic E-state index is 0.0359. The average Bonchev–Trinajstić information content (AvgIpc) is 2.49. The van der Waals surface area contributed by atoms with Gasteiger partial charge in [0.1, 0.15) is 0 Å². The predicted molar refractivity (Wildman–Crippen MR) is 83.1 cm³/mol. The summed E-state index contributed by atoms with van der Waals surface area (Å²) in [6, 6.07) is 1.83. The molecule has 0 aromatic heterocycles. The lowest BCUT2D eigenvalue weighted by molar-refractivity contribution is 0.280. The maximum Gasteiger partial charge on any atom is 0.164 e. The van der Waals surface area contributed by atoms with Gasteiger partial charge in [-0.3, -0.25) is 0 Å². The maximum absolute atomic E-state index is 6.39. The summed E-state index contributed by atoms with van der Waals surface area (Å²) in [4.78, 5) is 0. The Morgan fingerprint density at radius 3 is 2.35 bits per heavy atom. The maximum atomic E-state index is 6.39. The Hall–Kier alpha value is -0.930. The van der Waals surface area contributed by atoms with Crippen LogP contribution in [-0.2, 0) is 5.41 Å². The molecule has 112 valence electrons. The number of halogens is 1. The van der Waals surface area contributed by atoms with Crippen LogP contribution < -0.4 is 15.2 Å². The number of hydrogen-bond donors (Lipinski definition) is 1. The smallest absolute Gasteiger partial charge is 0.164 e. The van der Waals surface area contributed by atoms with Gasteiger partial charge in [-0.2, -0.15) is 0 Å². The average molecular weight is 298 g/mol. The molecular formula is C16H24ClNO2. The van der Waals surface area contributed by atoms with Gasteiger partial charge in [-0.05, 0) is 25.3 Å². The number of methoxy groups -OCH3 is 2. The molecular weight excluding hydrogens is 274 g/mol. The molecule has 2 rings (SSSR count). The number of benzene rings is 1. The lowest BCUT2D eigenvalue weighted by Gasteiger charge is -2.39. The second-order valence-corrected chi connectivity index (χ2v) is 6.05. The SMILES string of the molecule is COc1cc(Cl)c(C)c(C2(CN)CCCCC2)c1OC. The van der Waals surface area contributed by atoms with Crippen LogP contribution in [0, 0.1) is 6.92 Å². The summed E-state index contributed by atoms with van der Waals surface area (Å²) in [5, 5.41) is 0.719. The van der Waals surface area contributed by atoms with Gasteiger partial charge in [0.2, 0.25) is 0 Å². The molecule has 0 unspecified atom stereocenters. The second-order valence-electron chi connectivity index (χ2n) is 5.64. The van der Waals surface area contributed by atoms with E-state index in [0.29, 0.717) is 12.3 Å². The molecule has 4 heteroatoms. The van der Waals surface area contributed by atoms with Crippen molar-refractivity contribution in [3.8, 4) is 11.5 Å². The first-order valence-electron chi connectivity index (χ1n) is 7.21. The van der Waals surface area contributed by atoms with Crippen LogP contribution in [0.5, 0.6) is 11.5 Å². The van der Waals surface area contributed by atoms with Gasteiger partial charge in [-0.1, -0.05) is 30.9 Å². The Labute approximate surface area is 126 Å². The van der Waals surface area contributed by atoms with Crippen molar-refractivity contribution in [2.45, 2.75) is 44.4 Å². The minimum Gasteiger partial charge on any atom is -0.493 e. The van der Waals surface area contributed by atoms with Gasteiger partial charge in [-0.15, -0.1) is 0 Å². The van der Waals surface area contributed by atoms with Crippen LogP contribution in [0.4, 0.5) is 0 Å². The zero-order valence-electron chi connectivity index (χ0n) is 12.6. The van der Waals surface area contributed by atoms with Crippen molar-refractivity contribution in [3.63, 3.8) is 0 Å². The normalized spacial score (nSPS) is 17.9. The van der Waals surface area contributed by atoms with E-state index in [2.05, 4.69) is 0 Å². The molecule has 0 saturated heterocycles. The van der Waals surface area contributed by atoms with Crippen molar-refractivity contribution >= 4 is 11.6 Å². The molecule has 2 N–H and O–H groups in total. The summed E-state index contributed by atoms with van der Waals surface area (Å²) in [6.07, 6.45) is 5.86. The fourth-order valence-electron chi connectivity index (χ4n) is 3.48.